The van der Waals surface area contributed by atoms with Crippen molar-refractivity contribution in [3.8, 4) is 22.6 Å². The van der Waals surface area contributed by atoms with Gasteiger partial charge in [-0.2, -0.15) is 0 Å². The fourth-order valence-electron chi connectivity index (χ4n) is 3.22. The molecular formula is C25H21NO3. The highest BCUT2D eigenvalue weighted by Crippen LogP contribution is 2.28. The van der Waals surface area contributed by atoms with Crippen LogP contribution in [0.15, 0.2) is 91.0 Å². The van der Waals surface area contributed by atoms with Crippen LogP contribution in [0.2, 0.25) is 0 Å². The molecule has 4 aromatic carbocycles. The van der Waals surface area contributed by atoms with Crippen LogP contribution in [0.5, 0.6) is 11.5 Å². The van der Waals surface area contributed by atoms with E-state index in [1.807, 2.05) is 91.0 Å². The van der Waals surface area contributed by atoms with E-state index in [4.69, 9.17) is 9.47 Å². The number of carbonyl (C=O) groups is 1. The molecule has 0 heterocycles. The number of hydrogen-bond acceptors (Lipinski definition) is 3. The van der Waals surface area contributed by atoms with Gasteiger partial charge in [-0.05, 0) is 46.7 Å². The molecule has 29 heavy (non-hydrogen) atoms. The van der Waals surface area contributed by atoms with Gasteiger partial charge in [-0.25, -0.2) is 0 Å². The van der Waals surface area contributed by atoms with Gasteiger partial charge < -0.3 is 14.8 Å². The largest absolute Gasteiger partial charge is 0.497 e. The average molecular weight is 383 g/mol. The Labute approximate surface area is 169 Å². The van der Waals surface area contributed by atoms with E-state index in [1.165, 1.54) is 0 Å². The lowest BCUT2D eigenvalue weighted by molar-refractivity contribution is -0.118. The molecule has 1 amide bonds. The molecule has 0 aliphatic carbocycles. The Bertz CT molecular complexity index is 1140. The molecule has 0 aliphatic rings. The van der Waals surface area contributed by atoms with E-state index in [0.29, 0.717) is 5.75 Å². The van der Waals surface area contributed by atoms with E-state index < -0.39 is 0 Å². The molecule has 0 saturated carbocycles. The van der Waals surface area contributed by atoms with Crippen LogP contribution in [-0.4, -0.2) is 19.6 Å². The van der Waals surface area contributed by atoms with Crippen LogP contribution in [0.4, 0.5) is 5.69 Å². The summed E-state index contributed by atoms with van der Waals surface area (Å²) in [6.07, 6.45) is 0. The van der Waals surface area contributed by atoms with Crippen LogP contribution in [0.1, 0.15) is 0 Å². The van der Waals surface area contributed by atoms with E-state index in [0.717, 1.165) is 33.3 Å². The van der Waals surface area contributed by atoms with Gasteiger partial charge in [0, 0.05) is 11.3 Å². The second-order valence-corrected chi connectivity index (χ2v) is 6.62. The van der Waals surface area contributed by atoms with Gasteiger partial charge in [0.25, 0.3) is 5.91 Å². The number of ether oxygens (including phenoxy) is 2. The van der Waals surface area contributed by atoms with Crippen LogP contribution in [0.25, 0.3) is 21.9 Å². The van der Waals surface area contributed by atoms with Crippen molar-refractivity contribution in [1.29, 1.82) is 0 Å². The molecule has 4 heteroatoms. The van der Waals surface area contributed by atoms with Crippen LogP contribution >= 0.6 is 0 Å². The van der Waals surface area contributed by atoms with E-state index in [-0.39, 0.29) is 12.5 Å². The van der Waals surface area contributed by atoms with Gasteiger partial charge in [-0.15, -0.1) is 0 Å². The Morgan fingerprint density at radius 3 is 2.28 bits per heavy atom. The predicted molar refractivity (Wildman–Crippen MR) is 117 cm³/mol. The second kappa shape index (κ2) is 8.48. The third-order valence-electron chi connectivity index (χ3n) is 4.67. The normalized spacial score (nSPS) is 10.5. The van der Waals surface area contributed by atoms with Crippen LogP contribution in [-0.2, 0) is 4.79 Å². The molecule has 0 unspecified atom stereocenters. The Morgan fingerprint density at radius 1 is 0.793 bits per heavy atom. The SMILES string of the molecule is COc1ccc2ccc(OCC(=O)Nc3ccccc3-c3ccccc3)cc2c1. The molecule has 0 radical (unpaired) electrons. The van der Waals surface area contributed by atoms with Crippen LogP contribution < -0.4 is 14.8 Å². The lowest BCUT2D eigenvalue weighted by Gasteiger charge is -2.12. The highest BCUT2D eigenvalue weighted by atomic mass is 16.5. The van der Waals surface area contributed by atoms with Gasteiger partial charge in [0.15, 0.2) is 6.61 Å². The number of anilines is 1. The summed E-state index contributed by atoms with van der Waals surface area (Å²) in [6.45, 7) is -0.0708. The standard InChI is InChI=1S/C25H21NO3/c1-28-21-13-11-18-12-14-22(16-20(18)15-21)29-17-25(27)26-24-10-6-5-9-23(24)19-7-3-2-4-8-19/h2-16H,17H2,1H3,(H,26,27). The minimum Gasteiger partial charge on any atom is -0.497 e. The third-order valence-corrected chi connectivity index (χ3v) is 4.67. The number of amides is 1. The molecule has 0 spiro atoms. The second-order valence-electron chi connectivity index (χ2n) is 6.62. The zero-order valence-electron chi connectivity index (χ0n) is 16.1. The number of para-hydroxylation sites is 1. The lowest BCUT2D eigenvalue weighted by Crippen LogP contribution is -2.20. The first-order valence-corrected chi connectivity index (χ1v) is 9.38. The van der Waals surface area contributed by atoms with Crippen LogP contribution in [0, 0.1) is 0 Å². The molecule has 4 aromatic rings. The number of carbonyl (C=O) groups excluding carboxylic acids is 1. The van der Waals surface area contributed by atoms with E-state index in [1.54, 1.807) is 7.11 Å². The summed E-state index contributed by atoms with van der Waals surface area (Å²) in [7, 11) is 1.64. The highest BCUT2D eigenvalue weighted by Gasteiger charge is 2.09. The maximum atomic E-state index is 12.5. The summed E-state index contributed by atoms with van der Waals surface area (Å²) in [5.41, 5.74) is 2.78. The monoisotopic (exact) mass is 383 g/mol. The van der Waals surface area contributed by atoms with Crippen molar-refractivity contribution in [1.82, 2.24) is 0 Å². The van der Waals surface area contributed by atoms with Crippen molar-refractivity contribution < 1.29 is 14.3 Å². The summed E-state index contributed by atoms with van der Waals surface area (Å²) < 4.78 is 11.0. The molecule has 0 aliphatic heterocycles. The van der Waals surface area contributed by atoms with Crippen molar-refractivity contribution in [2.45, 2.75) is 0 Å². The number of fused-ring (bicyclic) bond motifs is 1. The van der Waals surface area contributed by atoms with Gasteiger partial charge in [0.1, 0.15) is 11.5 Å². The van der Waals surface area contributed by atoms with Crippen molar-refractivity contribution in [3.63, 3.8) is 0 Å². The lowest BCUT2D eigenvalue weighted by atomic mass is 10.0. The summed E-state index contributed by atoms with van der Waals surface area (Å²) in [4.78, 5) is 12.5. The Hall–Kier alpha value is -3.79. The zero-order valence-corrected chi connectivity index (χ0v) is 16.1. The molecule has 1 N–H and O–H groups in total. The fourth-order valence-corrected chi connectivity index (χ4v) is 3.22. The maximum absolute atomic E-state index is 12.5. The fraction of sp³-hybridized carbons (Fsp3) is 0.0800. The Balaban J connectivity index is 1.45. The van der Waals surface area contributed by atoms with E-state index in [2.05, 4.69) is 5.32 Å². The van der Waals surface area contributed by atoms with Crippen molar-refractivity contribution in [2.75, 3.05) is 19.0 Å². The van der Waals surface area contributed by atoms with E-state index >= 15 is 0 Å². The molecule has 4 nitrogen and oxygen atoms in total. The van der Waals surface area contributed by atoms with Gasteiger partial charge in [0.05, 0.1) is 7.11 Å². The molecule has 0 atom stereocenters. The van der Waals surface area contributed by atoms with Gasteiger partial charge in [0.2, 0.25) is 0 Å². The maximum Gasteiger partial charge on any atom is 0.262 e. The molecular weight excluding hydrogens is 362 g/mol. The van der Waals surface area contributed by atoms with Crippen molar-refractivity contribution in [2.24, 2.45) is 0 Å². The number of rotatable bonds is 6. The number of methoxy groups -OCH3 is 1. The minimum atomic E-state index is -0.209. The summed E-state index contributed by atoms with van der Waals surface area (Å²) in [5.74, 6) is 1.21. The van der Waals surface area contributed by atoms with Gasteiger partial charge in [-0.3, -0.25) is 4.79 Å². The molecule has 0 aromatic heterocycles. The third kappa shape index (κ3) is 4.38. The van der Waals surface area contributed by atoms with Crippen LogP contribution in [0.3, 0.4) is 0 Å². The van der Waals surface area contributed by atoms with Crippen molar-refractivity contribution >= 4 is 22.4 Å². The molecule has 0 saturated heterocycles. The van der Waals surface area contributed by atoms with Gasteiger partial charge >= 0.3 is 0 Å². The number of benzene rings is 4. The number of nitrogens with one attached hydrogen (secondary N) is 1. The zero-order chi connectivity index (χ0) is 20.1. The molecule has 0 bridgehead atoms. The summed E-state index contributed by atoms with van der Waals surface area (Å²) in [6, 6.07) is 29.3. The average Bonchev–Trinajstić information content (AvgIpc) is 2.78. The van der Waals surface area contributed by atoms with E-state index in [9.17, 15) is 4.79 Å². The topological polar surface area (TPSA) is 47.6 Å². The summed E-state index contributed by atoms with van der Waals surface area (Å²) >= 11 is 0. The Kier molecular flexibility index (Phi) is 5.43. The Morgan fingerprint density at radius 2 is 1.48 bits per heavy atom. The molecule has 4 rings (SSSR count). The summed E-state index contributed by atoms with van der Waals surface area (Å²) in [5, 5.41) is 5.03. The minimum absolute atomic E-state index is 0.0708. The smallest absolute Gasteiger partial charge is 0.262 e. The first kappa shape index (κ1) is 18.6. The quantitative estimate of drug-likeness (QED) is 0.476. The van der Waals surface area contributed by atoms with Gasteiger partial charge in [-0.1, -0.05) is 60.7 Å². The molecule has 144 valence electrons. The number of hydrogen-bond donors (Lipinski definition) is 1. The first-order valence-electron chi connectivity index (χ1n) is 9.38. The first-order chi connectivity index (χ1) is 14.2. The molecule has 0 fully saturated rings. The predicted octanol–water partition coefficient (Wildman–Crippen LogP) is 5.53. The van der Waals surface area contributed by atoms with Crippen molar-refractivity contribution in [3.05, 3.63) is 91.0 Å². The highest BCUT2D eigenvalue weighted by molar-refractivity contribution is 5.96.